The van der Waals surface area contributed by atoms with Crippen LogP contribution in [0.3, 0.4) is 0 Å². The summed E-state index contributed by atoms with van der Waals surface area (Å²) in [5.41, 5.74) is 3.08. The second-order valence-electron chi connectivity index (χ2n) is 6.95. The van der Waals surface area contributed by atoms with E-state index in [1.54, 1.807) is 23.5 Å². The second-order valence-corrected chi connectivity index (χ2v) is 8.89. The minimum absolute atomic E-state index is 0.336. The van der Waals surface area contributed by atoms with E-state index in [-0.39, 0.29) is 0 Å². The van der Waals surface area contributed by atoms with Gasteiger partial charge in [-0.05, 0) is 35.4 Å². The van der Waals surface area contributed by atoms with Crippen LogP contribution in [0.25, 0.3) is 11.1 Å². The molecule has 0 aromatic heterocycles. The van der Waals surface area contributed by atoms with Crippen molar-refractivity contribution in [1.82, 2.24) is 4.31 Å². The standard InChI is InChI=1S/C23H24N2O3S/c1-28-23-10-6-5-9-22(23)24-15-17-25(18-16-24)29(26,27)21-13-11-20(12-14-21)19-7-3-2-4-8-19/h2-14H,15-18H2,1H3. The predicted octanol–water partition coefficient (Wildman–Crippen LogP) is 3.87. The number of methoxy groups -OCH3 is 1. The summed E-state index contributed by atoms with van der Waals surface area (Å²) in [4.78, 5) is 2.51. The minimum atomic E-state index is -3.51. The van der Waals surface area contributed by atoms with Crippen molar-refractivity contribution in [2.45, 2.75) is 4.90 Å². The maximum atomic E-state index is 13.1. The van der Waals surface area contributed by atoms with Crippen molar-refractivity contribution >= 4 is 15.7 Å². The van der Waals surface area contributed by atoms with Gasteiger partial charge < -0.3 is 9.64 Å². The molecule has 5 nitrogen and oxygen atoms in total. The Hall–Kier alpha value is -2.83. The molecule has 150 valence electrons. The molecule has 1 aliphatic rings. The fraction of sp³-hybridized carbons (Fsp3) is 0.217. The molecular formula is C23H24N2O3S. The Morgan fingerprint density at radius 3 is 1.97 bits per heavy atom. The lowest BCUT2D eigenvalue weighted by molar-refractivity contribution is 0.378. The molecule has 0 unspecified atom stereocenters. The Balaban J connectivity index is 1.48. The third kappa shape index (κ3) is 3.99. The first-order valence-electron chi connectivity index (χ1n) is 9.63. The summed E-state index contributed by atoms with van der Waals surface area (Å²) in [6.45, 7) is 2.14. The molecule has 4 rings (SSSR count). The summed E-state index contributed by atoms with van der Waals surface area (Å²) >= 11 is 0. The number of rotatable bonds is 5. The monoisotopic (exact) mass is 408 g/mol. The van der Waals surface area contributed by atoms with E-state index >= 15 is 0 Å². The first kappa shape index (κ1) is 19.5. The lowest BCUT2D eigenvalue weighted by Gasteiger charge is -2.35. The van der Waals surface area contributed by atoms with Crippen molar-refractivity contribution in [3.05, 3.63) is 78.9 Å². The molecule has 6 heteroatoms. The number of nitrogens with zero attached hydrogens (tertiary/aromatic N) is 2. The number of para-hydroxylation sites is 2. The molecule has 3 aromatic carbocycles. The maximum absolute atomic E-state index is 13.1. The van der Waals surface area contributed by atoms with Gasteiger partial charge in [0.15, 0.2) is 0 Å². The van der Waals surface area contributed by atoms with Gasteiger partial charge in [0.25, 0.3) is 0 Å². The smallest absolute Gasteiger partial charge is 0.243 e. The van der Waals surface area contributed by atoms with E-state index in [2.05, 4.69) is 4.90 Å². The van der Waals surface area contributed by atoms with Crippen LogP contribution in [0, 0.1) is 0 Å². The number of benzene rings is 3. The highest BCUT2D eigenvalue weighted by Gasteiger charge is 2.29. The van der Waals surface area contributed by atoms with E-state index in [0.717, 1.165) is 22.6 Å². The normalized spacial score (nSPS) is 15.3. The van der Waals surface area contributed by atoms with Gasteiger partial charge in [-0.25, -0.2) is 8.42 Å². The van der Waals surface area contributed by atoms with Crippen LogP contribution in [-0.2, 0) is 10.0 Å². The first-order valence-corrected chi connectivity index (χ1v) is 11.1. The molecule has 0 aliphatic carbocycles. The summed E-state index contributed by atoms with van der Waals surface area (Å²) in [6.07, 6.45) is 0. The fourth-order valence-corrected chi connectivity index (χ4v) is 5.08. The van der Waals surface area contributed by atoms with Gasteiger partial charge in [0.1, 0.15) is 5.75 Å². The zero-order chi connectivity index (χ0) is 20.3. The van der Waals surface area contributed by atoms with Crippen LogP contribution in [0.1, 0.15) is 0 Å². The van der Waals surface area contributed by atoms with Gasteiger partial charge in [-0.3, -0.25) is 0 Å². The molecule has 0 radical (unpaired) electrons. The molecule has 0 saturated carbocycles. The molecule has 3 aromatic rings. The average molecular weight is 409 g/mol. The SMILES string of the molecule is COc1ccccc1N1CCN(S(=O)(=O)c2ccc(-c3ccccc3)cc2)CC1. The Labute approximate surface area is 172 Å². The number of sulfonamides is 1. The predicted molar refractivity (Wildman–Crippen MR) is 116 cm³/mol. The third-order valence-corrected chi connectivity index (χ3v) is 7.18. The maximum Gasteiger partial charge on any atom is 0.243 e. The van der Waals surface area contributed by atoms with E-state index < -0.39 is 10.0 Å². The van der Waals surface area contributed by atoms with Crippen LogP contribution in [-0.4, -0.2) is 46.0 Å². The lowest BCUT2D eigenvalue weighted by atomic mass is 10.1. The van der Waals surface area contributed by atoms with Gasteiger partial charge in [0, 0.05) is 26.2 Å². The summed E-state index contributed by atoms with van der Waals surface area (Å²) < 4.78 is 33.2. The van der Waals surface area contributed by atoms with Crippen LogP contribution in [0.5, 0.6) is 5.75 Å². The fourth-order valence-electron chi connectivity index (χ4n) is 3.66. The molecule has 29 heavy (non-hydrogen) atoms. The zero-order valence-electron chi connectivity index (χ0n) is 16.4. The van der Waals surface area contributed by atoms with Gasteiger partial charge >= 0.3 is 0 Å². The van der Waals surface area contributed by atoms with Gasteiger partial charge in [-0.15, -0.1) is 0 Å². The largest absolute Gasteiger partial charge is 0.495 e. The van der Waals surface area contributed by atoms with E-state index in [1.807, 2.05) is 66.7 Å². The third-order valence-electron chi connectivity index (χ3n) is 5.26. The van der Waals surface area contributed by atoms with Crippen LogP contribution in [0.15, 0.2) is 83.8 Å². The van der Waals surface area contributed by atoms with Gasteiger partial charge in [0.05, 0.1) is 17.7 Å². The summed E-state index contributed by atoms with van der Waals surface area (Å²) in [5.74, 6) is 0.806. The van der Waals surface area contributed by atoms with E-state index in [1.165, 1.54) is 0 Å². The Morgan fingerprint density at radius 1 is 0.724 bits per heavy atom. The number of ether oxygens (including phenoxy) is 1. The second kappa shape index (κ2) is 8.27. The number of hydrogen-bond acceptors (Lipinski definition) is 4. The summed E-state index contributed by atoms with van der Waals surface area (Å²) in [6, 6.07) is 24.9. The number of piperazine rings is 1. The lowest BCUT2D eigenvalue weighted by Crippen LogP contribution is -2.48. The van der Waals surface area contributed by atoms with Crippen molar-refractivity contribution < 1.29 is 13.2 Å². The van der Waals surface area contributed by atoms with Crippen LogP contribution in [0.2, 0.25) is 0 Å². The molecule has 1 fully saturated rings. The minimum Gasteiger partial charge on any atom is -0.495 e. The number of hydrogen-bond donors (Lipinski definition) is 0. The van der Waals surface area contributed by atoms with Crippen molar-refractivity contribution in [2.24, 2.45) is 0 Å². The van der Waals surface area contributed by atoms with E-state index in [4.69, 9.17) is 4.74 Å². The van der Waals surface area contributed by atoms with Gasteiger partial charge in [0.2, 0.25) is 10.0 Å². The van der Waals surface area contributed by atoms with E-state index in [9.17, 15) is 8.42 Å². The van der Waals surface area contributed by atoms with Crippen molar-refractivity contribution in [3.8, 4) is 16.9 Å². The molecule has 1 heterocycles. The Bertz CT molecular complexity index is 1060. The Kier molecular flexibility index (Phi) is 5.56. The van der Waals surface area contributed by atoms with Crippen LogP contribution in [0.4, 0.5) is 5.69 Å². The summed E-state index contributed by atoms with van der Waals surface area (Å²) in [7, 11) is -1.86. The van der Waals surface area contributed by atoms with Crippen molar-refractivity contribution in [1.29, 1.82) is 0 Å². The van der Waals surface area contributed by atoms with Crippen LogP contribution >= 0.6 is 0 Å². The number of anilines is 1. The highest BCUT2D eigenvalue weighted by atomic mass is 32.2. The van der Waals surface area contributed by atoms with E-state index in [0.29, 0.717) is 31.1 Å². The van der Waals surface area contributed by atoms with Gasteiger partial charge in [-0.1, -0.05) is 54.6 Å². The molecule has 0 atom stereocenters. The topological polar surface area (TPSA) is 49.9 Å². The molecule has 0 amide bonds. The highest BCUT2D eigenvalue weighted by molar-refractivity contribution is 7.89. The molecule has 0 bridgehead atoms. The molecular weight excluding hydrogens is 384 g/mol. The zero-order valence-corrected chi connectivity index (χ0v) is 17.2. The molecule has 0 N–H and O–H groups in total. The molecule has 1 saturated heterocycles. The Morgan fingerprint density at radius 2 is 1.31 bits per heavy atom. The quantitative estimate of drug-likeness (QED) is 0.643. The summed E-state index contributed by atoms with van der Waals surface area (Å²) in [5, 5.41) is 0. The highest BCUT2D eigenvalue weighted by Crippen LogP contribution is 2.29. The molecule has 0 spiro atoms. The molecule has 1 aliphatic heterocycles. The first-order chi connectivity index (χ1) is 14.1. The van der Waals surface area contributed by atoms with Crippen molar-refractivity contribution in [3.63, 3.8) is 0 Å². The average Bonchev–Trinajstić information content (AvgIpc) is 2.80. The van der Waals surface area contributed by atoms with Crippen LogP contribution < -0.4 is 9.64 Å². The van der Waals surface area contributed by atoms with Crippen molar-refractivity contribution in [2.75, 3.05) is 38.2 Å². The van der Waals surface area contributed by atoms with Gasteiger partial charge in [-0.2, -0.15) is 4.31 Å².